The minimum atomic E-state index is -4.45. The zero-order valence-electron chi connectivity index (χ0n) is 23.3. The van der Waals surface area contributed by atoms with Crippen LogP contribution in [0.15, 0.2) is 48.8 Å². The summed E-state index contributed by atoms with van der Waals surface area (Å²) in [5.41, 5.74) is 0.845. The number of likely N-dealkylation sites (N-methyl/N-ethyl adjacent to an activating group) is 1. The lowest BCUT2D eigenvalue weighted by Crippen LogP contribution is -2.28. The van der Waals surface area contributed by atoms with E-state index in [1.165, 1.54) is 18.5 Å². The normalized spacial score (nSPS) is 11.7. The fourth-order valence-corrected chi connectivity index (χ4v) is 4.50. The number of aromatic amines is 1. The van der Waals surface area contributed by atoms with Crippen molar-refractivity contribution >= 4 is 42.0 Å². The first-order valence-corrected chi connectivity index (χ1v) is 15.0. The van der Waals surface area contributed by atoms with Crippen LogP contribution in [0.4, 0.5) is 26.1 Å². The molecule has 0 saturated heterocycles. The highest BCUT2D eigenvalue weighted by Gasteiger charge is 2.15. The SMILES string of the molecule is CCN(CCCCOc1ccc2c(Nc3cc(CC(=O)Nc4cccc(F)c4F)[nH]n3)ncnc2c1)CCOP(=O)(O)O. The smallest absolute Gasteiger partial charge is 0.469 e. The van der Waals surface area contributed by atoms with Gasteiger partial charge in [0.2, 0.25) is 5.91 Å². The molecule has 5 N–H and O–H groups in total. The first kappa shape index (κ1) is 31.9. The highest BCUT2D eigenvalue weighted by molar-refractivity contribution is 7.46. The van der Waals surface area contributed by atoms with Gasteiger partial charge in [-0.15, -0.1) is 0 Å². The maximum absolute atomic E-state index is 13.8. The number of H-pyrrole nitrogens is 1. The van der Waals surface area contributed by atoms with Crippen LogP contribution < -0.4 is 15.4 Å². The van der Waals surface area contributed by atoms with Crippen molar-refractivity contribution in [2.45, 2.75) is 26.2 Å². The maximum Gasteiger partial charge on any atom is 0.469 e. The van der Waals surface area contributed by atoms with Gasteiger partial charge in [-0.2, -0.15) is 5.10 Å². The number of phosphoric ester groups is 1. The molecule has 2 aromatic heterocycles. The maximum atomic E-state index is 13.8. The average Bonchev–Trinajstić information content (AvgIpc) is 3.40. The standard InChI is InChI=1S/C27H32F2N7O6P/c1-2-36(11-13-42-43(38,39)40)10-3-4-12-41-19-8-9-20-23(16-19)30-17-31-27(20)33-24-14-18(34-35-24)15-25(37)32-22-7-5-6-21(28)26(22)29/h5-9,14,16-17H,2-4,10-13,15H2,1H3,(H,32,37)(H2,38,39,40)(H2,30,31,33,34,35). The summed E-state index contributed by atoms with van der Waals surface area (Å²) in [6.45, 7) is 4.32. The van der Waals surface area contributed by atoms with E-state index in [0.29, 0.717) is 41.7 Å². The number of hydrogen-bond acceptors (Lipinski definition) is 9. The molecule has 0 radical (unpaired) electrons. The van der Waals surface area contributed by atoms with Gasteiger partial charge in [-0.05, 0) is 50.2 Å². The lowest BCUT2D eigenvalue weighted by Gasteiger charge is -2.20. The molecular formula is C27H32F2N7O6P. The third-order valence-corrected chi connectivity index (χ3v) is 6.83. The third-order valence-electron chi connectivity index (χ3n) is 6.31. The number of amides is 1. The van der Waals surface area contributed by atoms with Crippen molar-refractivity contribution in [3.63, 3.8) is 0 Å². The Labute approximate surface area is 245 Å². The van der Waals surface area contributed by atoms with Gasteiger partial charge in [0.15, 0.2) is 17.5 Å². The number of phosphoric acid groups is 1. The molecule has 0 aliphatic rings. The van der Waals surface area contributed by atoms with Gasteiger partial charge in [-0.1, -0.05) is 13.0 Å². The summed E-state index contributed by atoms with van der Waals surface area (Å²) in [5, 5.41) is 13.0. The molecule has 4 rings (SSSR count). The van der Waals surface area contributed by atoms with E-state index in [1.807, 2.05) is 17.9 Å². The second-order valence-corrected chi connectivity index (χ2v) is 10.7. The van der Waals surface area contributed by atoms with Gasteiger partial charge in [0.25, 0.3) is 0 Å². The number of nitrogens with one attached hydrogen (secondary N) is 3. The van der Waals surface area contributed by atoms with Crippen molar-refractivity contribution in [3.05, 3.63) is 66.1 Å². The van der Waals surface area contributed by atoms with Crippen LogP contribution in [0, 0.1) is 11.6 Å². The van der Waals surface area contributed by atoms with Crippen LogP contribution in [-0.4, -0.2) is 73.6 Å². The Balaban J connectivity index is 1.26. The molecule has 0 aliphatic carbocycles. The monoisotopic (exact) mass is 619 g/mol. The van der Waals surface area contributed by atoms with Crippen LogP contribution in [0.1, 0.15) is 25.5 Å². The van der Waals surface area contributed by atoms with Gasteiger partial charge in [0.05, 0.1) is 30.8 Å². The van der Waals surface area contributed by atoms with E-state index >= 15 is 0 Å². The second-order valence-electron chi connectivity index (χ2n) is 9.44. The van der Waals surface area contributed by atoms with Crippen molar-refractivity contribution in [2.75, 3.05) is 43.5 Å². The van der Waals surface area contributed by atoms with E-state index in [4.69, 9.17) is 14.5 Å². The summed E-state index contributed by atoms with van der Waals surface area (Å²) in [7, 11) is -4.45. The van der Waals surface area contributed by atoms with Crippen LogP contribution >= 0.6 is 7.82 Å². The Bertz CT molecular complexity index is 1580. The molecule has 13 nitrogen and oxygen atoms in total. The first-order chi connectivity index (χ1) is 20.6. The molecule has 0 bridgehead atoms. The number of benzene rings is 2. The van der Waals surface area contributed by atoms with Gasteiger partial charge in [0.1, 0.15) is 17.9 Å². The van der Waals surface area contributed by atoms with Crippen molar-refractivity contribution in [2.24, 2.45) is 0 Å². The van der Waals surface area contributed by atoms with Gasteiger partial charge in [-0.3, -0.25) is 14.4 Å². The molecular weight excluding hydrogens is 587 g/mol. The Kier molecular flexibility index (Phi) is 11.1. The number of unbranched alkanes of at least 4 members (excludes halogenated alkanes) is 1. The van der Waals surface area contributed by atoms with Crippen LogP contribution in [0.3, 0.4) is 0 Å². The van der Waals surface area contributed by atoms with Crippen LogP contribution in [0.2, 0.25) is 0 Å². The van der Waals surface area contributed by atoms with Gasteiger partial charge in [0, 0.05) is 29.8 Å². The van der Waals surface area contributed by atoms with Gasteiger partial charge in [-0.25, -0.2) is 23.3 Å². The quantitative estimate of drug-likeness (QED) is 0.0900. The Morgan fingerprint density at radius 3 is 2.72 bits per heavy atom. The molecule has 0 aliphatic heterocycles. The first-order valence-electron chi connectivity index (χ1n) is 13.5. The predicted molar refractivity (Wildman–Crippen MR) is 155 cm³/mol. The topological polar surface area (TPSA) is 175 Å². The molecule has 1 amide bonds. The number of anilines is 3. The minimum Gasteiger partial charge on any atom is -0.494 e. The number of rotatable bonds is 16. The summed E-state index contributed by atoms with van der Waals surface area (Å²) < 4.78 is 48.4. The second kappa shape index (κ2) is 14.9. The van der Waals surface area contributed by atoms with E-state index in [-0.39, 0.29) is 18.7 Å². The summed E-state index contributed by atoms with van der Waals surface area (Å²) in [6, 6.07) is 10.6. The summed E-state index contributed by atoms with van der Waals surface area (Å²) >= 11 is 0. The van der Waals surface area contributed by atoms with E-state index < -0.39 is 25.4 Å². The molecule has 16 heteroatoms. The molecule has 0 fully saturated rings. The number of carbonyl (C=O) groups is 1. The van der Waals surface area contributed by atoms with Crippen molar-refractivity contribution in [1.29, 1.82) is 0 Å². The van der Waals surface area contributed by atoms with Crippen molar-refractivity contribution < 1.29 is 37.2 Å². The zero-order chi connectivity index (χ0) is 30.8. The van der Waals surface area contributed by atoms with Crippen LogP contribution in [0.25, 0.3) is 10.9 Å². The van der Waals surface area contributed by atoms with Crippen molar-refractivity contribution in [1.82, 2.24) is 25.1 Å². The van der Waals surface area contributed by atoms with Gasteiger partial charge < -0.3 is 30.1 Å². The lowest BCUT2D eigenvalue weighted by atomic mass is 10.2. The van der Waals surface area contributed by atoms with E-state index in [0.717, 1.165) is 37.4 Å². The molecule has 4 aromatic rings. The number of nitrogens with zero attached hydrogens (tertiary/aromatic N) is 4. The number of carbonyl (C=O) groups excluding carboxylic acids is 1. The number of aromatic nitrogens is 4. The molecule has 230 valence electrons. The lowest BCUT2D eigenvalue weighted by molar-refractivity contribution is -0.115. The molecule has 2 aromatic carbocycles. The molecule has 0 spiro atoms. The average molecular weight is 620 g/mol. The Morgan fingerprint density at radius 2 is 1.93 bits per heavy atom. The molecule has 43 heavy (non-hydrogen) atoms. The Morgan fingerprint density at radius 1 is 1.09 bits per heavy atom. The summed E-state index contributed by atoms with van der Waals surface area (Å²) in [5.74, 6) is -1.20. The van der Waals surface area contributed by atoms with Crippen molar-refractivity contribution in [3.8, 4) is 5.75 Å². The highest BCUT2D eigenvalue weighted by Crippen LogP contribution is 2.35. The number of fused-ring (bicyclic) bond motifs is 1. The minimum absolute atomic E-state index is 0.0385. The molecule has 0 atom stereocenters. The van der Waals surface area contributed by atoms with Crippen LogP contribution in [-0.2, 0) is 20.3 Å². The highest BCUT2D eigenvalue weighted by atomic mass is 31.2. The third kappa shape index (κ3) is 9.76. The molecule has 2 heterocycles. The number of hydrogen-bond donors (Lipinski definition) is 5. The zero-order valence-corrected chi connectivity index (χ0v) is 24.2. The largest absolute Gasteiger partial charge is 0.494 e. The summed E-state index contributed by atoms with van der Waals surface area (Å²) in [6.07, 6.45) is 2.87. The summed E-state index contributed by atoms with van der Waals surface area (Å²) in [4.78, 5) is 40.6. The number of halogens is 2. The fraction of sp³-hybridized carbons (Fsp3) is 0.333. The van der Waals surface area contributed by atoms with E-state index in [1.54, 1.807) is 18.2 Å². The predicted octanol–water partition coefficient (Wildman–Crippen LogP) is 4.15. The van der Waals surface area contributed by atoms with Crippen LogP contribution in [0.5, 0.6) is 5.75 Å². The molecule has 0 unspecified atom stereocenters. The Hall–Kier alpha value is -4.01. The van der Waals surface area contributed by atoms with E-state index in [2.05, 4.69) is 35.3 Å². The van der Waals surface area contributed by atoms with Gasteiger partial charge >= 0.3 is 7.82 Å². The molecule has 0 saturated carbocycles. The fourth-order valence-electron chi connectivity index (χ4n) is 4.18. The van der Waals surface area contributed by atoms with E-state index in [9.17, 15) is 18.1 Å². The number of ether oxygens (including phenoxy) is 1.